The highest BCUT2D eigenvalue weighted by Gasteiger charge is 2.20. The Labute approximate surface area is 114 Å². The van der Waals surface area contributed by atoms with E-state index in [-0.39, 0.29) is 11.8 Å². The first-order valence-electron chi connectivity index (χ1n) is 7.13. The molecule has 1 amide bonds. The van der Waals surface area contributed by atoms with Crippen LogP contribution in [0, 0.1) is 5.92 Å². The smallest absolute Gasteiger partial charge is 0.252 e. The Balaban J connectivity index is 1.79. The predicted molar refractivity (Wildman–Crippen MR) is 73.9 cm³/mol. The fourth-order valence-corrected chi connectivity index (χ4v) is 2.72. The van der Waals surface area contributed by atoms with Gasteiger partial charge < -0.3 is 5.32 Å². The van der Waals surface area contributed by atoms with Crippen molar-refractivity contribution in [2.24, 2.45) is 5.92 Å². The highest BCUT2D eigenvalue weighted by molar-refractivity contribution is 5.88. The van der Waals surface area contributed by atoms with Crippen LogP contribution >= 0.6 is 0 Å². The van der Waals surface area contributed by atoms with Gasteiger partial charge >= 0.3 is 0 Å². The second-order valence-electron chi connectivity index (χ2n) is 5.43. The van der Waals surface area contributed by atoms with Gasteiger partial charge in [0.15, 0.2) is 0 Å². The van der Waals surface area contributed by atoms with Crippen molar-refractivity contribution in [2.75, 3.05) is 0 Å². The summed E-state index contributed by atoms with van der Waals surface area (Å²) in [6.45, 7) is 1.74. The van der Waals surface area contributed by atoms with Gasteiger partial charge in [-0.15, -0.1) is 0 Å². The Morgan fingerprint density at radius 3 is 2.47 bits per heavy atom. The number of amides is 1. The first kappa shape index (κ1) is 13.8. The van der Waals surface area contributed by atoms with E-state index in [0.717, 1.165) is 12.8 Å². The van der Waals surface area contributed by atoms with Crippen LogP contribution in [0.2, 0.25) is 0 Å². The van der Waals surface area contributed by atoms with Crippen molar-refractivity contribution in [1.29, 1.82) is 0 Å². The van der Waals surface area contributed by atoms with Crippen molar-refractivity contribution in [2.45, 2.75) is 51.5 Å². The van der Waals surface area contributed by atoms with E-state index in [4.69, 9.17) is 0 Å². The third-order valence-corrected chi connectivity index (χ3v) is 3.81. The van der Waals surface area contributed by atoms with Crippen molar-refractivity contribution in [3.63, 3.8) is 0 Å². The molecular formula is C15H22N2O2. The molecule has 1 N–H and O–H groups in total. The molecule has 1 atom stereocenters. The molecule has 0 radical (unpaired) electrons. The Morgan fingerprint density at radius 2 is 1.84 bits per heavy atom. The molecule has 0 bridgehead atoms. The molecular weight excluding hydrogens is 240 g/mol. The van der Waals surface area contributed by atoms with Gasteiger partial charge in [-0.2, -0.15) is 0 Å². The summed E-state index contributed by atoms with van der Waals surface area (Å²) in [7, 11) is 0. The highest BCUT2D eigenvalue weighted by Crippen LogP contribution is 2.26. The number of hydrogen-bond acceptors (Lipinski definition) is 2. The summed E-state index contributed by atoms with van der Waals surface area (Å²) in [4.78, 5) is 23.9. The molecule has 1 heterocycles. The topological polar surface area (TPSA) is 51.1 Å². The standard InChI is InChI=1S/C15H22N2O2/c1-12(15(19)17-9-5-6-10-17)16-14(18)11-13-7-3-2-4-8-13/h5-6,9-10,12-13H,2-4,7-8,11H2,1H3,(H,16,18). The van der Waals surface area contributed by atoms with Gasteiger partial charge in [-0.25, -0.2) is 0 Å². The molecule has 1 aromatic heterocycles. The Hall–Kier alpha value is -1.58. The van der Waals surface area contributed by atoms with E-state index >= 15 is 0 Å². The monoisotopic (exact) mass is 262 g/mol. The molecule has 1 aliphatic rings. The van der Waals surface area contributed by atoms with Crippen molar-refractivity contribution in [1.82, 2.24) is 9.88 Å². The lowest BCUT2D eigenvalue weighted by Crippen LogP contribution is -2.41. The zero-order chi connectivity index (χ0) is 13.7. The molecule has 0 aromatic carbocycles. The molecule has 4 nitrogen and oxygen atoms in total. The molecule has 2 rings (SSSR count). The van der Waals surface area contributed by atoms with Gasteiger partial charge in [-0.05, 0) is 37.8 Å². The summed E-state index contributed by atoms with van der Waals surface area (Å²) < 4.78 is 1.51. The Kier molecular flexibility index (Phi) is 4.77. The molecule has 0 spiro atoms. The van der Waals surface area contributed by atoms with E-state index < -0.39 is 6.04 Å². The van der Waals surface area contributed by atoms with E-state index in [1.807, 2.05) is 0 Å². The predicted octanol–water partition coefficient (Wildman–Crippen LogP) is 2.60. The fourth-order valence-electron chi connectivity index (χ4n) is 2.72. The maximum Gasteiger partial charge on any atom is 0.252 e. The number of carbonyl (C=O) groups is 2. The molecule has 0 saturated heterocycles. The minimum absolute atomic E-state index is 0.0000869. The number of aromatic nitrogens is 1. The van der Waals surface area contributed by atoms with Crippen LogP contribution in [0.5, 0.6) is 0 Å². The van der Waals surface area contributed by atoms with E-state index in [1.165, 1.54) is 23.8 Å². The lowest BCUT2D eigenvalue weighted by molar-refractivity contribution is -0.122. The maximum atomic E-state index is 12.0. The van der Waals surface area contributed by atoms with Crippen molar-refractivity contribution < 1.29 is 9.59 Å². The van der Waals surface area contributed by atoms with Gasteiger partial charge in [0, 0.05) is 18.8 Å². The summed E-state index contributed by atoms with van der Waals surface area (Å²) in [5, 5.41) is 2.81. The van der Waals surface area contributed by atoms with Gasteiger partial charge in [0.25, 0.3) is 5.91 Å². The molecule has 1 fully saturated rings. The lowest BCUT2D eigenvalue weighted by atomic mass is 9.87. The molecule has 4 heteroatoms. The number of nitrogens with one attached hydrogen (secondary N) is 1. The quantitative estimate of drug-likeness (QED) is 0.906. The Morgan fingerprint density at radius 1 is 1.21 bits per heavy atom. The third kappa shape index (κ3) is 3.94. The van der Waals surface area contributed by atoms with Gasteiger partial charge in [0.1, 0.15) is 6.04 Å². The summed E-state index contributed by atoms with van der Waals surface area (Å²) in [6.07, 6.45) is 10.0. The zero-order valence-electron chi connectivity index (χ0n) is 11.5. The van der Waals surface area contributed by atoms with Crippen molar-refractivity contribution >= 4 is 11.8 Å². The van der Waals surface area contributed by atoms with Crippen LogP contribution in [0.3, 0.4) is 0 Å². The fraction of sp³-hybridized carbons (Fsp3) is 0.600. The van der Waals surface area contributed by atoms with E-state index in [2.05, 4.69) is 5.32 Å². The van der Waals surface area contributed by atoms with Crippen LogP contribution in [0.25, 0.3) is 0 Å². The second-order valence-corrected chi connectivity index (χ2v) is 5.43. The van der Waals surface area contributed by atoms with E-state index in [9.17, 15) is 9.59 Å². The molecule has 1 aliphatic carbocycles. The van der Waals surface area contributed by atoms with Crippen LogP contribution in [0.4, 0.5) is 0 Å². The SMILES string of the molecule is CC(NC(=O)CC1CCCCC1)C(=O)n1cccc1. The van der Waals surface area contributed by atoms with E-state index in [1.54, 1.807) is 31.5 Å². The van der Waals surface area contributed by atoms with Gasteiger partial charge in [0.05, 0.1) is 0 Å². The average molecular weight is 262 g/mol. The molecule has 19 heavy (non-hydrogen) atoms. The van der Waals surface area contributed by atoms with Crippen LogP contribution in [-0.2, 0) is 4.79 Å². The summed E-state index contributed by atoms with van der Waals surface area (Å²) in [5.74, 6) is 0.407. The molecule has 1 unspecified atom stereocenters. The molecule has 1 aromatic rings. The molecule has 0 aliphatic heterocycles. The summed E-state index contributed by atoms with van der Waals surface area (Å²) in [6, 6.07) is 3.13. The number of carbonyl (C=O) groups excluding carboxylic acids is 2. The van der Waals surface area contributed by atoms with Gasteiger partial charge in [-0.3, -0.25) is 14.2 Å². The second kappa shape index (κ2) is 6.55. The first-order valence-corrected chi connectivity index (χ1v) is 7.13. The molecule has 1 saturated carbocycles. The summed E-state index contributed by atoms with van der Waals surface area (Å²) >= 11 is 0. The van der Waals surface area contributed by atoms with Crippen LogP contribution in [0.1, 0.15) is 50.2 Å². The number of rotatable bonds is 4. The largest absolute Gasteiger partial charge is 0.345 e. The maximum absolute atomic E-state index is 12.0. The minimum atomic E-state index is -0.469. The van der Waals surface area contributed by atoms with Crippen LogP contribution in [-0.4, -0.2) is 22.4 Å². The average Bonchev–Trinajstić information content (AvgIpc) is 2.92. The minimum Gasteiger partial charge on any atom is -0.345 e. The van der Waals surface area contributed by atoms with Gasteiger partial charge in [-0.1, -0.05) is 19.3 Å². The Bertz CT molecular complexity index is 419. The highest BCUT2D eigenvalue weighted by atomic mass is 16.2. The summed E-state index contributed by atoms with van der Waals surface area (Å²) in [5.41, 5.74) is 0. The van der Waals surface area contributed by atoms with E-state index in [0.29, 0.717) is 12.3 Å². The van der Waals surface area contributed by atoms with Crippen molar-refractivity contribution in [3.05, 3.63) is 24.5 Å². The third-order valence-electron chi connectivity index (χ3n) is 3.81. The zero-order valence-corrected chi connectivity index (χ0v) is 11.5. The van der Waals surface area contributed by atoms with Gasteiger partial charge in [0.2, 0.25) is 5.91 Å². The first-order chi connectivity index (χ1) is 9.16. The van der Waals surface area contributed by atoms with Crippen molar-refractivity contribution in [3.8, 4) is 0 Å². The van der Waals surface area contributed by atoms with Crippen LogP contribution < -0.4 is 5.32 Å². The normalized spacial score (nSPS) is 17.9. The molecule has 104 valence electrons. The van der Waals surface area contributed by atoms with Crippen LogP contribution in [0.15, 0.2) is 24.5 Å². The number of hydrogen-bond donors (Lipinski definition) is 1. The number of nitrogens with zero attached hydrogens (tertiary/aromatic N) is 1. The lowest BCUT2D eigenvalue weighted by Gasteiger charge is -2.22.